The summed E-state index contributed by atoms with van der Waals surface area (Å²) in [6.45, 7) is 0. The summed E-state index contributed by atoms with van der Waals surface area (Å²) in [6, 6.07) is 16.3. The van der Waals surface area contributed by atoms with Gasteiger partial charge in [0.1, 0.15) is 5.75 Å². The highest BCUT2D eigenvalue weighted by Gasteiger charge is 2.09. The number of benzene rings is 2. The average Bonchev–Trinajstić information content (AvgIpc) is 2.96. The van der Waals surface area contributed by atoms with Crippen molar-refractivity contribution < 1.29 is 4.74 Å². The van der Waals surface area contributed by atoms with Gasteiger partial charge in [-0.25, -0.2) is 0 Å². The number of aryl methyl sites for hydroxylation is 1. The second kappa shape index (κ2) is 5.93. The Balaban J connectivity index is 1.96. The first-order chi connectivity index (χ1) is 10.7. The predicted molar refractivity (Wildman–Crippen MR) is 88.9 cm³/mol. The van der Waals surface area contributed by atoms with Gasteiger partial charge in [-0.05, 0) is 35.7 Å². The van der Waals surface area contributed by atoms with E-state index in [2.05, 4.69) is 23.3 Å². The fourth-order valence-electron chi connectivity index (χ4n) is 2.57. The van der Waals surface area contributed by atoms with Crippen molar-refractivity contribution in [1.29, 1.82) is 0 Å². The molecule has 2 N–H and O–H groups in total. The van der Waals surface area contributed by atoms with Gasteiger partial charge in [0.05, 0.1) is 18.5 Å². The summed E-state index contributed by atoms with van der Waals surface area (Å²) in [7, 11) is 3.56. The van der Waals surface area contributed by atoms with E-state index in [4.69, 9.17) is 10.5 Å². The lowest BCUT2D eigenvalue weighted by Crippen LogP contribution is -1.97. The van der Waals surface area contributed by atoms with Crippen molar-refractivity contribution in [1.82, 2.24) is 9.78 Å². The van der Waals surface area contributed by atoms with E-state index in [-0.39, 0.29) is 0 Å². The molecule has 4 heteroatoms. The molecule has 1 aromatic heterocycles. The van der Waals surface area contributed by atoms with Gasteiger partial charge in [0.25, 0.3) is 0 Å². The molecule has 0 atom stereocenters. The van der Waals surface area contributed by atoms with Crippen LogP contribution in [-0.2, 0) is 13.5 Å². The number of hydrogen-bond acceptors (Lipinski definition) is 3. The minimum absolute atomic E-state index is 0.657. The standard InChI is InChI=1S/C18H19N3O/c1-21-10-9-17(20-21)15-6-4-3-5-14(15)11-13-7-8-16(19)18(12-13)22-2/h3-10,12H,11,19H2,1-2H3. The Kier molecular flexibility index (Phi) is 3.83. The Hall–Kier alpha value is -2.75. The zero-order chi connectivity index (χ0) is 15.5. The molecule has 22 heavy (non-hydrogen) atoms. The van der Waals surface area contributed by atoms with Crippen molar-refractivity contribution in [2.24, 2.45) is 7.05 Å². The number of nitrogens with two attached hydrogens (primary N) is 1. The van der Waals surface area contributed by atoms with Gasteiger partial charge in [0, 0.05) is 18.8 Å². The lowest BCUT2D eigenvalue weighted by molar-refractivity contribution is 0.416. The van der Waals surface area contributed by atoms with Crippen molar-refractivity contribution >= 4 is 5.69 Å². The molecular formula is C18H19N3O. The molecule has 0 aliphatic carbocycles. The number of methoxy groups -OCH3 is 1. The number of anilines is 1. The van der Waals surface area contributed by atoms with Gasteiger partial charge in [0.2, 0.25) is 0 Å². The third-order valence-electron chi connectivity index (χ3n) is 3.70. The Bertz CT molecular complexity index is 793. The van der Waals surface area contributed by atoms with E-state index in [1.807, 2.05) is 48.3 Å². The van der Waals surface area contributed by atoms with Crippen molar-refractivity contribution in [3.05, 3.63) is 65.9 Å². The summed E-state index contributed by atoms with van der Waals surface area (Å²) in [5.74, 6) is 0.716. The highest BCUT2D eigenvalue weighted by Crippen LogP contribution is 2.27. The van der Waals surface area contributed by atoms with Crippen LogP contribution in [0.2, 0.25) is 0 Å². The first-order valence-electron chi connectivity index (χ1n) is 7.17. The molecule has 2 aromatic carbocycles. The summed E-state index contributed by atoms with van der Waals surface area (Å²) >= 11 is 0. The highest BCUT2D eigenvalue weighted by molar-refractivity contribution is 5.64. The molecule has 0 aliphatic rings. The zero-order valence-corrected chi connectivity index (χ0v) is 12.8. The summed E-state index contributed by atoms with van der Waals surface area (Å²) < 4.78 is 7.12. The summed E-state index contributed by atoms with van der Waals surface area (Å²) in [5.41, 5.74) is 11.1. The van der Waals surface area contributed by atoms with Crippen LogP contribution in [0.4, 0.5) is 5.69 Å². The summed E-state index contributed by atoms with van der Waals surface area (Å²) in [4.78, 5) is 0. The first-order valence-corrected chi connectivity index (χ1v) is 7.17. The number of aromatic nitrogens is 2. The smallest absolute Gasteiger partial charge is 0.142 e. The van der Waals surface area contributed by atoms with Gasteiger partial charge < -0.3 is 10.5 Å². The van der Waals surface area contributed by atoms with Crippen LogP contribution in [0.5, 0.6) is 5.75 Å². The Morgan fingerprint density at radius 2 is 1.95 bits per heavy atom. The second-order valence-corrected chi connectivity index (χ2v) is 5.28. The maximum atomic E-state index is 5.88. The molecule has 0 bridgehead atoms. The van der Waals surface area contributed by atoms with E-state index >= 15 is 0 Å². The van der Waals surface area contributed by atoms with Gasteiger partial charge in [-0.2, -0.15) is 5.10 Å². The Morgan fingerprint density at radius 3 is 2.68 bits per heavy atom. The normalized spacial score (nSPS) is 10.6. The molecular weight excluding hydrogens is 274 g/mol. The van der Waals surface area contributed by atoms with Crippen LogP contribution in [0.1, 0.15) is 11.1 Å². The molecule has 0 radical (unpaired) electrons. The fraction of sp³-hybridized carbons (Fsp3) is 0.167. The van der Waals surface area contributed by atoms with Gasteiger partial charge in [-0.15, -0.1) is 0 Å². The minimum atomic E-state index is 0.657. The van der Waals surface area contributed by atoms with Crippen LogP contribution >= 0.6 is 0 Å². The molecule has 3 aromatic rings. The van der Waals surface area contributed by atoms with Crippen molar-refractivity contribution in [2.75, 3.05) is 12.8 Å². The first kappa shape index (κ1) is 14.2. The Morgan fingerprint density at radius 1 is 1.14 bits per heavy atom. The van der Waals surface area contributed by atoms with Gasteiger partial charge >= 0.3 is 0 Å². The maximum absolute atomic E-state index is 5.88. The lowest BCUT2D eigenvalue weighted by Gasteiger charge is -2.10. The quantitative estimate of drug-likeness (QED) is 0.751. The molecule has 0 fully saturated rings. The molecule has 0 amide bonds. The number of rotatable bonds is 4. The van der Waals surface area contributed by atoms with Gasteiger partial charge in [-0.1, -0.05) is 30.3 Å². The average molecular weight is 293 g/mol. The van der Waals surface area contributed by atoms with E-state index < -0.39 is 0 Å². The fourth-order valence-corrected chi connectivity index (χ4v) is 2.57. The lowest BCUT2D eigenvalue weighted by atomic mass is 9.97. The molecule has 1 heterocycles. The Labute approximate surface area is 130 Å². The van der Waals surface area contributed by atoms with E-state index in [0.717, 1.165) is 23.2 Å². The summed E-state index contributed by atoms with van der Waals surface area (Å²) in [5, 5.41) is 4.50. The molecule has 0 spiro atoms. The zero-order valence-electron chi connectivity index (χ0n) is 12.8. The second-order valence-electron chi connectivity index (χ2n) is 5.28. The van der Waals surface area contributed by atoms with Crippen LogP contribution in [0.25, 0.3) is 11.3 Å². The number of hydrogen-bond donors (Lipinski definition) is 1. The van der Waals surface area contributed by atoms with Crippen molar-refractivity contribution in [3.8, 4) is 17.0 Å². The largest absolute Gasteiger partial charge is 0.495 e. The number of ether oxygens (including phenoxy) is 1. The van der Waals surface area contributed by atoms with Crippen LogP contribution in [0.15, 0.2) is 54.7 Å². The predicted octanol–water partition coefficient (Wildman–Crippen LogP) is 3.27. The van der Waals surface area contributed by atoms with Crippen molar-refractivity contribution in [2.45, 2.75) is 6.42 Å². The highest BCUT2D eigenvalue weighted by atomic mass is 16.5. The third-order valence-corrected chi connectivity index (χ3v) is 3.70. The SMILES string of the molecule is COc1cc(Cc2ccccc2-c2ccn(C)n2)ccc1N. The molecule has 4 nitrogen and oxygen atoms in total. The number of nitrogens with zero attached hydrogens (tertiary/aromatic N) is 2. The van der Waals surface area contributed by atoms with Crippen molar-refractivity contribution in [3.63, 3.8) is 0 Å². The summed E-state index contributed by atoms with van der Waals surface area (Å²) in [6.07, 6.45) is 2.77. The van der Waals surface area contributed by atoms with Crippen LogP contribution in [-0.4, -0.2) is 16.9 Å². The van der Waals surface area contributed by atoms with E-state index in [0.29, 0.717) is 11.4 Å². The molecule has 112 valence electrons. The third kappa shape index (κ3) is 2.81. The minimum Gasteiger partial charge on any atom is -0.495 e. The van der Waals surface area contributed by atoms with Gasteiger partial charge in [-0.3, -0.25) is 4.68 Å². The van der Waals surface area contributed by atoms with Gasteiger partial charge in [0.15, 0.2) is 0 Å². The topological polar surface area (TPSA) is 53.1 Å². The molecule has 0 saturated heterocycles. The number of nitrogen functional groups attached to an aromatic ring is 1. The molecule has 3 rings (SSSR count). The monoisotopic (exact) mass is 293 g/mol. The van der Waals surface area contributed by atoms with E-state index in [1.165, 1.54) is 5.56 Å². The molecule has 0 aliphatic heterocycles. The van der Waals surface area contributed by atoms with Crippen LogP contribution < -0.4 is 10.5 Å². The molecule has 0 saturated carbocycles. The van der Waals surface area contributed by atoms with Crippen LogP contribution in [0, 0.1) is 0 Å². The van der Waals surface area contributed by atoms with Crippen LogP contribution in [0.3, 0.4) is 0 Å². The van der Waals surface area contributed by atoms with E-state index in [1.54, 1.807) is 7.11 Å². The maximum Gasteiger partial charge on any atom is 0.142 e. The van der Waals surface area contributed by atoms with E-state index in [9.17, 15) is 0 Å². The molecule has 0 unspecified atom stereocenters.